The summed E-state index contributed by atoms with van der Waals surface area (Å²) in [5, 5.41) is 2.88. The van der Waals surface area contributed by atoms with Gasteiger partial charge in [-0.2, -0.15) is 0 Å². The highest BCUT2D eigenvalue weighted by Gasteiger charge is 2.16. The first-order valence-electron chi connectivity index (χ1n) is 8.00. The molecule has 1 fully saturated rings. The lowest BCUT2D eigenvalue weighted by atomic mass is 10.1. The fourth-order valence-corrected chi connectivity index (χ4v) is 2.73. The number of carbonyl (C=O) groups is 1. The normalized spacial score (nSPS) is 14.6. The van der Waals surface area contributed by atoms with E-state index < -0.39 is 0 Å². The summed E-state index contributed by atoms with van der Waals surface area (Å²) in [6.45, 7) is 4.25. The Balaban J connectivity index is 1.71. The molecule has 120 valence electrons. The number of nitrogens with zero attached hydrogens (tertiary/aromatic N) is 4. The van der Waals surface area contributed by atoms with Gasteiger partial charge in [0.1, 0.15) is 17.3 Å². The van der Waals surface area contributed by atoms with Gasteiger partial charge in [-0.15, -0.1) is 0 Å². The van der Waals surface area contributed by atoms with Crippen LogP contribution >= 0.6 is 0 Å². The molecule has 3 rings (SSSR count). The largest absolute Gasteiger partial charge is 0.356 e. The molecular formula is C17H21N5O. The third-order valence-corrected chi connectivity index (χ3v) is 3.91. The number of piperidine rings is 1. The van der Waals surface area contributed by atoms with E-state index in [0.717, 1.165) is 24.5 Å². The van der Waals surface area contributed by atoms with Crippen molar-refractivity contribution in [3.63, 3.8) is 0 Å². The van der Waals surface area contributed by atoms with Crippen LogP contribution < -0.4 is 10.2 Å². The number of amides is 1. The van der Waals surface area contributed by atoms with E-state index in [1.807, 2.05) is 19.1 Å². The minimum absolute atomic E-state index is 0.183. The molecule has 23 heavy (non-hydrogen) atoms. The molecular weight excluding hydrogens is 290 g/mol. The first kappa shape index (κ1) is 15.4. The monoisotopic (exact) mass is 311 g/mol. The third kappa shape index (κ3) is 4.03. The molecule has 1 saturated heterocycles. The van der Waals surface area contributed by atoms with Crippen LogP contribution in [0, 0.1) is 6.92 Å². The summed E-state index contributed by atoms with van der Waals surface area (Å²) in [6, 6.07) is 5.57. The molecule has 6 heteroatoms. The van der Waals surface area contributed by atoms with E-state index >= 15 is 0 Å². The lowest BCUT2D eigenvalue weighted by Gasteiger charge is -2.28. The molecule has 0 saturated carbocycles. The Bertz CT molecular complexity index is 668. The van der Waals surface area contributed by atoms with Crippen LogP contribution in [-0.4, -0.2) is 33.9 Å². The number of aromatic nitrogens is 3. The molecule has 1 aliphatic rings. The fraction of sp³-hybridized carbons (Fsp3) is 0.412. The van der Waals surface area contributed by atoms with Crippen LogP contribution in [0.2, 0.25) is 0 Å². The standard InChI is InChI=1S/C17H21N5O/c1-13-20-15(10-16(21-13)22-8-3-2-4-9-22)17(23)19-12-14-6-5-7-18-11-14/h5-7,10-11H,2-4,8-9,12H2,1H3,(H,19,23). The number of rotatable bonds is 4. The Morgan fingerprint density at radius 1 is 1.26 bits per heavy atom. The summed E-state index contributed by atoms with van der Waals surface area (Å²) in [5.41, 5.74) is 1.38. The zero-order valence-electron chi connectivity index (χ0n) is 13.3. The average Bonchev–Trinajstić information content (AvgIpc) is 2.61. The molecule has 0 bridgehead atoms. The maximum atomic E-state index is 12.4. The lowest BCUT2D eigenvalue weighted by Crippen LogP contribution is -2.31. The second-order valence-corrected chi connectivity index (χ2v) is 5.75. The highest BCUT2D eigenvalue weighted by atomic mass is 16.1. The summed E-state index contributed by atoms with van der Waals surface area (Å²) in [4.78, 5) is 27.4. The summed E-state index contributed by atoms with van der Waals surface area (Å²) in [7, 11) is 0. The second-order valence-electron chi connectivity index (χ2n) is 5.75. The molecule has 0 radical (unpaired) electrons. The molecule has 1 amide bonds. The predicted octanol–water partition coefficient (Wildman–Crippen LogP) is 2.10. The van der Waals surface area contributed by atoms with E-state index in [0.29, 0.717) is 18.1 Å². The van der Waals surface area contributed by atoms with Crippen LogP contribution in [0.3, 0.4) is 0 Å². The number of pyridine rings is 1. The van der Waals surface area contributed by atoms with Gasteiger partial charge in [0.2, 0.25) is 0 Å². The van der Waals surface area contributed by atoms with Crippen molar-refractivity contribution in [2.24, 2.45) is 0 Å². The van der Waals surface area contributed by atoms with Gasteiger partial charge in [0.05, 0.1) is 0 Å². The Kier molecular flexibility index (Phi) is 4.80. The molecule has 2 aromatic rings. The van der Waals surface area contributed by atoms with Crippen LogP contribution in [0.5, 0.6) is 0 Å². The van der Waals surface area contributed by atoms with E-state index in [2.05, 4.69) is 25.2 Å². The predicted molar refractivity (Wildman–Crippen MR) is 88.2 cm³/mol. The van der Waals surface area contributed by atoms with Crippen LogP contribution in [0.1, 0.15) is 41.1 Å². The Morgan fingerprint density at radius 3 is 2.83 bits per heavy atom. The van der Waals surface area contributed by atoms with Crippen molar-refractivity contribution in [2.45, 2.75) is 32.7 Å². The first-order chi connectivity index (χ1) is 11.2. The number of aryl methyl sites for hydroxylation is 1. The molecule has 1 aliphatic heterocycles. The van der Waals surface area contributed by atoms with E-state index in [4.69, 9.17) is 0 Å². The van der Waals surface area contributed by atoms with Crippen molar-refractivity contribution < 1.29 is 4.79 Å². The van der Waals surface area contributed by atoms with Crippen LogP contribution in [0.25, 0.3) is 0 Å². The van der Waals surface area contributed by atoms with Crippen molar-refractivity contribution in [1.82, 2.24) is 20.3 Å². The van der Waals surface area contributed by atoms with E-state index in [-0.39, 0.29) is 5.91 Å². The summed E-state index contributed by atoms with van der Waals surface area (Å²) < 4.78 is 0. The number of hydrogen-bond donors (Lipinski definition) is 1. The van der Waals surface area contributed by atoms with E-state index in [1.165, 1.54) is 19.3 Å². The SMILES string of the molecule is Cc1nc(C(=O)NCc2cccnc2)cc(N2CCCCC2)n1. The van der Waals surface area contributed by atoms with Gasteiger partial charge in [0, 0.05) is 38.1 Å². The zero-order chi connectivity index (χ0) is 16.1. The smallest absolute Gasteiger partial charge is 0.270 e. The number of nitrogens with one attached hydrogen (secondary N) is 1. The minimum atomic E-state index is -0.183. The average molecular weight is 311 g/mol. The molecule has 0 unspecified atom stereocenters. The molecule has 3 heterocycles. The van der Waals surface area contributed by atoms with Gasteiger partial charge in [-0.25, -0.2) is 9.97 Å². The minimum Gasteiger partial charge on any atom is -0.356 e. The Morgan fingerprint density at radius 2 is 2.09 bits per heavy atom. The summed E-state index contributed by atoms with van der Waals surface area (Å²) in [5.74, 6) is 1.29. The van der Waals surface area contributed by atoms with Crippen LogP contribution in [0.15, 0.2) is 30.6 Å². The number of anilines is 1. The van der Waals surface area contributed by atoms with Crippen molar-refractivity contribution in [1.29, 1.82) is 0 Å². The van der Waals surface area contributed by atoms with Gasteiger partial charge in [-0.05, 0) is 37.8 Å². The van der Waals surface area contributed by atoms with E-state index in [9.17, 15) is 4.79 Å². The summed E-state index contributed by atoms with van der Waals surface area (Å²) >= 11 is 0. The van der Waals surface area contributed by atoms with Crippen molar-refractivity contribution in [3.8, 4) is 0 Å². The molecule has 1 N–H and O–H groups in total. The highest BCUT2D eigenvalue weighted by Crippen LogP contribution is 2.18. The molecule has 0 aromatic carbocycles. The van der Waals surface area contributed by atoms with Crippen LogP contribution in [0.4, 0.5) is 5.82 Å². The quantitative estimate of drug-likeness (QED) is 0.936. The lowest BCUT2D eigenvalue weighted by molar-refractivity contribution is 0.0945. The first-order valence-corrected chi connectivity index (χ1v) is 8.00. The zero-order valence-corrected chi connectivity index (χ0v) is 13.3. The van der Waals surface area contributed by atoms with Gasteiger partial charge >= 0.3 is 0 Å². The topological polar surface area (TPSA) is 71.0 Å². The maximum absolute atomic E-state index is 12.4. The Labute approximate surface area is 136 Å². The second kappa shape index (κ2) is 7.17. The van der Waals surface area contributed by atoms with Gasteiger partial charge < -0.3 is 10.2 Å². The third-order valence-electron chi connectivity index (χ3n) is 3.91. The molecule has 6 nitrogen and oxygen atoms in total. The van der Waals surface area contributed by atoms with Gasteiger partial charge in [-0.1, -0.05) is 6.07 Å². The highest BCUT2D eigenvalue weighted by molar-refractivity contribution is 5.92. The molecule has 2 aromatic heterocycles. The van der Waals surface area contributed by atoms with Gasteiger partial charge in [-0.3, -0.25) is 9.78 Å². The van der Waals surface area contributed by atoms with Crippen molar-refractivity contribution in [2.75, 3.05) is 18.0 Å². The molecule has 0 atom stereocenters. The van der Waals surface area contributed by atoms with Crippen LogP contribution in [-0.2, 0) is 6.54 Å². The Hall–Kier alpha value is -2.50. The van der Waals surface area contributed by atoms with Gasteiger partial charge in [0.15, 0.2) is 0 Å². The number of hydrogen-bond acceptors (Lipinski definition) is 5. The number of carbonyl (C=O) groups excluding carboxylic acids is 1. The van der Waals surface area contributed by atoms with Crippen molar-refractivity contribution in [3.05, 3.63) is 47.7 Å². The van der Waals surface area contributed by atoms with E-state index in [1.54, 1.807) is 18.5 Å². The molecule has 0 spiro atoms. The fourth-order valence-electron chi connectivity index (χ4n) is 2.73. The molecule has 0 aliphatic carbocycles. The van der Waals surface area contributed by atoms with Crippen molar-refractivity contribution >= 4 is 11.7 Å². The summed E-state index contributed by atoms with van der Waals surface area (Å²) in [6.07, 6.45) is 7.06. The maximum Gasteiger partial charge on any atom is 0.270 e. The van der Waals surface area contributed by atoms with Gasteiger partial charge in [0.25, 0.3) is 5.91 Å².